The number of piperidine rings is 1. The minimum absolute atomic E-state index is 0.0552. The first-order valence-electron chi connectivity index (χ1n) is 8.26. The van der Waals surface area contributed by atoms with E-state index in [0.29, 0.717) is 26.2 Å². The lowest BCUT2D eigenvalue weighted by Gasteiger charge is -2.33. The van der Waals surface area contributed by atoms with Crippen LogP contribution >= 0.6 is 0 Å². The average Bonchev–Trinajstić information content (AvgIpc) is 3.11. The van der Waals surface area contributed by atoms with Gasteiger partial charge in [0.05, 0.1) is 12.9 Å². The number of hydrogen-bond acceptors (Lipinski definition) is 5. The van der Waals surface area contributed by atoms with Crippen molar-refractivity contribution in [2.24, 2.45) is 5.92 Å². The van der Waals surface area contributed by atoms with Gasteiger partial charge in [-0.2, -0.15) is 0 Å². The van der Waals surface area contributed by atoms with Gasteiger partial charge >= 0.3 is 0 Å². The lowest BCUT2D eigenvalue weighted by atomic mass is 9.95. The van der Waals surface area contributed by atoms with Gasteiger partial charge in [-0.3, -0.25) is 14.6 Å². The van der Waals surface area contributed by atoms with Gasteiger partial charge in [0.25, 0.3) is 0 Å². The molecule has 0 aliphatic carbocycles. The Bertz CT molecular complexity index is 557. The predicted molar refractivity (Wildman–Crippen MR) is 85.6 cm³/mol. The van der Waals surface area contributed by atoms with Crippen LogP contribution in [-0.4, -0.2) is 64.4 Å². The second kappa shape index (κ2) is 6.93. The molecule has 2 saturated heterocycles. The van der Waals surface area contributed by atoms with Crippen LogP contribution in [0.3, 0.4) is 0 Å². The summed E-state index contributed by atoms with van der Waals surface area (Å²) in [5.41, 5.74) is 0. The molecule has 124 valence electrons. The highest BCUT2D eigenvalue weighted by atomic mass is 16.2. The topological polar surface area (TPSA) is 69.6 Å². The van der Waals surface area contributed by atoms with E-state index in [1.54, 1.807) is 23.5 Å². The van der Waals surface area contributed by atoms with Crippen molar-refractivity contribution >= 4 is 17.6 Å². The number of rotatable bonds is 3. The fraction of sp³-hybridized carbons (Fsp3) is 0.625. The van der Waals surface area contributed by atoms with Gasteiger partial charge in [-0.15, -0.1) is 0 Å². The number of nitrogens with zero attached hydrogens (tertiary/aromatic N) is 5. The predicted octanol–water partition coefficient (Wildman–Crippen LogP) is 0.731. The Hall–Kier alpha value is -2.18. The van der Waals surface area contributed by atoms with E-state index in [-0.39, 0.29) is 17.7 Å². The molecule has 0 spiro atoms. The summed E-state index contributed by atoms with van der Waals surface area (Å²) < 4.78 is 0. The van der Waals surface area contributed by atoms with Crippen LogP contribution in [0.25, 0.3) is 0 Å². The van der Waals surface area contributed by atoms with Crippen LogP contribution in [0.4, 0.5) is 5.82 Å². The molecule has 2 aliphatic heterocycles. The molecule has 3 rings (SSSR count). The van der Waals surface area contributed by atoms with Crippen molar-refractivity contribution < 1.29 is 9.59 Å². The van der Waals surface area contributed by atoms with Crippen molar-refractivity contribution in [2.45, 2.75) is 26.2 Å². The molecule has 0 atom stereocenters. The second-order valence-electron chi connectivity index (χ2n) is 6.08. The van der Waals surface area contributed by atoms with Crippen LogP contribution in [-0.2, 0) is 9.59 Å². The van der Waals surface area contributed by atoms with Crippen LogP contribution in [0.2, 0.25) is 0 Å². The van der Waals surface area contributed by atoms with Crippen LogP contribution in [0.1, 0.15) is 26.2 Å². The minimum Gasteiger partial charge on any atom is -0.355 e. The highest BCUT2D eigenvalue weighted by Crippen LogP contribution is 2.24. The summed E-state index contributed by atoms with van der Waals surface area (Å²) in [5.74, 6) is 1.24. The number of carbonyl (C=O) groups is 2. The zero-order valence-corrected chi connectivity index (χ0v) is 13.5. The molecule has 7 nitrogen and oxygen atoms in total. The lowest BCUT2D eigenvalue weighted by Crippen LogP contribution is -2.43. The van der Waals surface area contributed by atoms with Crippen LogP contribution in [0.15, 0.2) is 18.6 Å². The van der Waals surface area contributed by atoms with Gasteiger partial charge in [0.1, 0.15) is 5.82 Å². The van der Waals surface area contributed by atoms with Gasteiger partial charge in [-0.25, -0.2) is 4.98 Å². The molecule has 23 heavy (non-hydrogen) atoms. The van der Waals surface area contributed by atoms with Gasteiger partial charge in [0.15, 0.2) is 0 Å². The summed E-state index contributed by atoms with van der Waals surface area (Å²) in [7, 11) is 0. The van der Waals surface area contributed by atoms with Gasteiger partial charge in [0, 0.05) is 50.9 Å². The largest absolute Gasteiger partial charge is 0.355 e. The Kier molecular flexibility index (Phi) is 4.73. The second-order valence-corrected chi connectivity index (χ2v) is 6.08. The zero-order valence-electron chi connectivity index (χ0n) is 13.5. The van der Waals surface area contributed by atoms with Gasteiger partial charge < -0.3 is 14.7 Å². The standard InChI is InChI=1S/C16H23N5O2/c1-2-15(22)20-9-10-21(12-20)16(23)13-3-7-19(8-4-13)14-11-17-5-6-18-14/h5-6,11,13H,2-4,7-10,12H2,1H3. The third-order valence-corrected chi connectivity index (χ3v) is 4.67. The number of hydrogen-bond donors (Lipinski definition) is 0. The Morgan fingerprint density at radius 3 is 2.52 bits per heavy atom. The summed E-state index contributed by atoms with van der Waals surface area (Å²) in [4.78, 5) is 38.5. The molecule has 0 bridgehead atoms. The third-order valence-electron chi connectivity index (χ3n) is 4.67. The van der Waals surface area contributed by atoms with Crippen molar-refractivity contribution in [3.05, 3.63) is 18.6 Å². The first-order chi connectivity index (χ1) is 11.2. The maximum atomic E-state index is 12.6. The number of amides is 2. The lowest BCUT2D eigenvalue weighted by molar-refractivity contribution is -0.137. The summed E-state index contributed by atoms with van der Waals surface area (Å²) in [6.07, 6.45) is 7.27. The van der Waals surface area contributed by atoms with Gasteiger partial charge in [0.2, 0.25) is 11.8 Å². The Labute approximate surface area is 136 Å². The van der Waals surface area contributed by atoms with E-state index in [1.807, 2.05) is 11.8 Å². The van der Waals surface area contributed by atoms with E-state index in [4.69, 9.17) is 0 Å². The first kappa shape index (κ1) is 15.7. The minimum atomic E-state index is 0.0552. The molecule has 0 radical (unpaired) electrons. The smallest absolute Gasteiger partial charge is 0.227 e. The van der Waals surface area contributed by atoms with Crippen molar-refractivity contribution in [3.63, 3.8) is 0 Å². The van der Waals surface area contributed by atoms with Crippen molar-refractivity contribution in [1.82, 2.24) is 19.8 Å². The SMILES string of the molecule is CCC(=O)N1CCN(C(=O)C2CCN(c3cnccn3)CC2)C1. The van der Waals surface area contributed by atoms with E-state index in [1.165, 1.54) is 0 Å². The summed E-state index contributed by atoms with van der Waals surface area (Å²) in [6.45, 7) is 5.28. The summed E-state index contributed by atoms with van der Waals surface area (Å²) >= 11 is 0. The van der Waals surface area contributed by atoms with Crippen molar-refractivity contribution in [3.8, 4) is 0 Å². The quantitative estimate of drug-likeness (QED) is 0.822. The fourth-order valence-electron chi connectivity index (χ4n) is 3.26. The first-order valence-corrected chi connectivity index (χ1v) is 8.26. The van der Waals surface area contributed by atoms with Crippen LogP contribution in [0, 0.1) is 5.92 Å². The molecule has 0 saturated carbocycles. The number of aromatic nitrogens is 2. The Morgan fingerprint density at radius 1 is 1.13 bits per heavy atom. The summed E-state index contributed by atoms with van der Waals surface area (Å²) in [6, 6.07) is 0. The molecule has 2 aliphatic rings. The Balaban J connectivity index is 1.52. The number of carbonyl (C=O) groups excluding carboxylic acids is 2. The molecule has 0 unspecified atom stereocenters. The number of anilines is 1. The fourth-order valence-corrected chi connectivity index (χ4v) is 3.26. The van der Waals surface area contributed by atoms with Crippen molar-refractivity contribution in [2.75, 3.05) is 37.7 Å². The molecular formula is C16H23N5O2. The van der Waals surface area contributed by atoms with E-state index < -0.39 is 0 Å². The van der Waals surface area contributed by atoms with E-state index in [9.17, 15) is 9.59 Å². The maximum Gasteiger partial charge on any atom is 0.227 e. The average molecular weight is 317 g/mol. The van der Waals surface area contributed by atoms with Gasteiger partial charge in [-0.05, 0) is 12.8 Å². The molecule has 3 heterocycles. The molecule has 7 heteroatoms. The molecular weight excluding hydrogens is 294 g/mol. The molecule has 1 aromatic rings. The molecule has 0 N–H and O–H groups in total. The maximum absolute atomic E-state index is 12.6. The monoisotopic (exact) mass is 317 g/mol. The van der Waals surface area contributed by atoms with E-state index in [0.717, 1.165) is 31.7 Å². The molecule has 1 aromatic heterocycles. The van der Waals surface area contributed by atoms with E-state index >= 15 is 0 Å². The highest BCUT2D eigenvalue weighted by molar-refractivity contribution is 5.81. The molecule has 0 aromatic carbocycles. The van der Waals surface area contributed by atoms with Crippen LogP contribution < -0.4 is 4.90 Å². The van der Waals surface area contributed by atoms with E-state index in [2.05, 4.69) is 14.9 Å². The van der Waals surface area contributed by atoms with Crippen molar-refractivity contribution in [1.29, 1.82) is 0 Å². The third kappa shape index (κ3) is 3.43. The van der Waals surface area contributed by atoms with Crippen LogP contribution in [0.5, 0.6) is 0 Å². The summed E-state index contributed by atoms with van der Waals surface area (Å²) in [5, 5.41) is 0. The highest BCUT2D eigenvalue weighted by Gasteiger charge is 2.33. The Morgan fingerprint density at radius 2 is 1.87 bits per heavy atom. The molecule has 2 fully saturated rings. The molecule has 2 amide bonds. The van der Waals surface area contributed by atoms with Gasteiger partial charge in [-0.1, -0.05) is 6.92 Å². The normalized spacial score (nSPS) is 19.3. The zero-order chi connectivity index (χ0) is 16.2.